The molecule has 0 N–H and O–H groups in total. The number of benzene rings is 1. The van der Waals surface area contributed by atoms with E-state index in [2.05, 4.69) is 0 Å². The first kappa shape index (κ1) is 19.1. The molecule has 2 rings (SSSR count). The van der Waals surface area contributed by atoms with E-state index in [1.54, 1.807) is 0 Å². The quantitative estimate of drug-likeness (QED) is 0.728. The van der Waals surface area contributed by atoms with Gasteiger partial charge in [-0.3, -0.25) is 4.79 Å². The number of ether oxygens (including phenoxy) is 1. The first-order valence-electron chi connectivity index (χ1n) is 7.48. The molecule has 2 atom stereocenters. The van der Waals surface area contributed by atoms with Crippen molar-refractivity contribution in [2.45, 2.75) is 42.4 Å². The van der Waals surface area contributed by atoms with E-state index in [0.717, 1.165) is 6.26 Å². The molecule has 1 aromatic carbocycles. The largest absolute Gasteiger partial charge is 0.469 e. The van der Waals surface area contributed by atoms with Gasteiger partial charge in [-0.2, -0.15) is 0 Å². The molecule has 8 heteroatoms. The van der Waals surface area contributed by atoms with Gasteiger partial charge in [0.15, 0.2) is 9.84 Å². The minimum absolute atomic E-state index is 0.000606. The number of hydrogen-bond acceptors (Lipinski definition) is 4. The van der Waals surface area contributed by atoms with Crippen LogP contribution in [0.1, 0.15) is 37.2 Å². The van der Waals surface area contributed by atoms with Crippen molar-refractivity contribution in [2.24, 2.45) is 5.92 Å². The summed E-state index contributed by atoms with van der Waals surface area (Å²) in [7, 11) is -2.26. The maximum absolute atomic E-state index is 13.4. The highest BCUT2D eigenvalue weighted by Crippen LogP contribution is 2.43. The summed E-state index contributed by atoms with van der Waals surface area (Å²) < 4.78 is 54.8. The van der Waals surface area contributed by atoms with Crippen LogP contribution in [0.2, 0.25) is 5.02 Å². The van der Waals surface area contributed by atoms with Crippen LogP contribution in [0.4, 0.5) is 8.78 Å². The van der Waals surface area contributed by atoms with Gasteiger partial charge in [0.2, 0.25) is 5.92 Å². The maximum atomic E-state index is 13.4. The van der Waals surface area contributed by atoms with Crippen molar-refractivity contribution in [1.29, 1.82) is 0 Å². The van der Waals surface area contributed by atoms with Gasteiger partial charge in [0, 0.05) is 19.1 Å². The van der Waals surface area contributed by atoms with Crippen LogP contribution in [0.15, 0.2) is 23.1 Å². The number of carbonyl (C=O) groups excluding carboxylic acids is 1. The summed E-state index contributed by atoms with van der Waals surface area (Å²) in [4.78, 5) is 12.0. The van der Waals surface area contributed by atoms with Crippen molar-refractivity contribution < 1.29 is 26.7 Å². The number of hydrogen-bond donors (Lipinski definition) is 0. The van der Waals surface area contributed by atoms with Gasteiger partial charge in [-0.15, -0.1) is 0 Å². The second kappa shape index (κ2) is 6.96. The zero-order chi connectivity index (χ0) is 18.1. The lowest BCUT2D eigenvalue weighted by Crippen LogP contribution is -2.18. The maximum Gasteiger partial charge on any atom is 0.313 e. The number of sulfone groups is 1. The Balaban J connectivity index is 2.29. The topological polar surface area (TPSA) is 60.4 Å². The number of halogens is 3. The van der Waals surface area contributed by atoms with Gasteiger partial charge < -0.3 is 4.74 Å². The average molecular weight is 381 g/mol. The Labute approximate surface area is 145 Å². The van der Waals surface area contributed by atoms with E-state index in [4.69, 9.17) is 16.3 Å². The van der Waals surface area contributed by atoms with E-state index in [0.29, 0.717) is 12.0 Å². The third-order valence-corrected chi connectivity index (χ3v) is 5.90. The molecule has 1 aliphatic carbocycles. The fourth-order valence-corrected chi connectivity index (χ4v) is 4.46. The van der Waals surface area contributed by atoms with Crippen LogP contribution in [0.5, 0.6) is 0 Å². The highest BCUT2D eigenvalue weighted by atomic mass is 35.5. The molecule has 0 amide bonds. The molecule has 0 aromatic heterocycles. The lowest BCUT2D eigenvalue weighted by molar-refractivity contribution is -0.143. The standard InChI is InChI=1S/C16H19ClF2O4S/c1-23-15(20)12(7-10-5-6-16(18,19)9-10)11-3-4-14(13(17)8-11)24(2,21)22/h3-4,8,10,12H,5-7,9H2,1-2H3/t10-,12?/m1/s1. The van der Waals surface area contributed by atoms with Crippen LogP contribution in [-0.4, -0.2) is 33.7 Å². The Hall–Kier alpha value is -1.21. The minimum Gasteiger partial charge on any atom is -0.469 e. The lowest BCUT2D eigenvalue weighted by Gasteiger charge is -2.20. The summed E-state index contributed by atoms with van der Waals surface area (Å²) in [5.41, 5.74) is 0.467. The number of alkyl halides is 2. The third kappa shape index (κ3) is 4.45. The summed E-state index contributed by atoms with van der Waals surface area (Å²) in [5, 5.41) is 0.000606. The predicted molar refractivity (Wildman–Crippen MR) is 86.2 cm³/mol. The molecule has 1 fully saturated rings. The second-order valence-electron chi connectivity index (χ2n) is 6.24. The molecule has 0 saturated heterocycles. The van der Waals surface area contributed by atoms with Gasteiger partial charge in [0.25, 0.3) is 0 Å². The fourth-order valence-electron chi connectivity index (χ4n) is 3.12. The zero-order valence-corrected chi connectivity index (χ0v) is 15.0. The van der Waals surface area contributed by atoms with Crippen molar-refractivity contribution in [3.63, 3.8) is 0 Å². The Morgan fingerprint density at radius 3 is 2.58 bits per heavy atom. The molecule has 134 valence electrons. The molecular weight excluding hydrogens is 362 g/mol. The molecular formula is C16H19ClF2O4S. The molecule has 24 heavy (non-hydrogen) atoms. The third-order valence-electron chi connectivity index (χ3n) is 4.32. The molecule has 0 spiro atoms. The molecule has 1 unspecified atom stereocenters. The Kier molecular flexibility index (Phi) is 5.54. The van der Waals surface area contributed by atoms with Crippen molar-refractivity contribution in [3.05, 3.63) is 28.8 Å². The number of methoxy groups -OCH3 is 1. The van der Waals surface area contributed by atoms with Gasteiger partial charge in [0.05, 0.1) is 22.9 Å². The molecule has 0 heterocycles. The Morgan fingerprint density at radius 1 is 1.46 bits per heavy atom. The van der Waals surface area contributed by atoms with E-state index in [9.17, 15) is 22.0 Å². The van der Waals surface area contributed by atoms with E-state index in [1.165, 1.54) is 25.3 Å². The van der Waals surface area contributed by atoms with Crippen LogP contribution < -0.4 is 0 Å². The van der Waals surface area contributed by atoms with Crippen LogP contribution in [0.25, 0.3) is 0 Å². The van der Waals surface area contributed by atoms with Gasteiger partial charge in [-0.05, 0) is 36.5 Å². The fraction of sp³-hybridized carbons (Fsp3) is 0.562. The normalized spacial score (nSPS) is 21.5. The van der Waals surface area contributed by atoms with Crippen LogP contribution >= 0.6 is 11.6 Å². The van der Waals surface area contributed by atoms with Crippen molar-refractivity contribution in [1.82, 2.24) is 0 Å². The summed E-state index contributed by atoms with van der Waals surface area (Å²) >= 11 is 6.02. The highest BCUT2D eigenvalue weighted by Gasteiger charge is 2.41. The number of carbonyl (C=O) groups is 1. The van der Waals surface area contributed by atoms with Gasteiger partial charge >= 0.3 is 5.97 Å². The molecule has 0 aliphatic heterocycles. The van der Waals surface area contributed by atoms with Gasteiger partial charge in [-0.1, -0.05) is 17.7 Å². The number of esters is 1. The smallest absolute Gasteiger partial charge is 0.313 e. The Bertz CT molecular complexity index is 734. The lowest BCUT2D eigenvalue weighted by atomic mass is 9.88. The SMILES string of the molecule is COC(=O)C(C[C@H]1CCC(F)(F)C1)c1ccc(S(C)(=O)=O)c(Cl)c1. The first-order chi connectivity index (χ1) is 11.0. The minimum atomic E-state index is -3.49. The molecule has 0 bridgehead atoms. The second-order valence-corrected chi connectivity index (χ2v) is 8.63. The van der Waals surface area contributed by atoms with Crippen molar-refractivity contribution in [2.75, 3.05) is 13.4 Å². The van der Waals surface area contributed by atoms with E-state index in [1.807, 2.05) is 0 Å². The monoisotopic (exact) mass is 380 g/mol. The molecule has 0 radical (unpaired) electrons. The van der Waals surface area contributed by atoms with Crippen LogP contribution in [0, 0.1) is 5.92 Å². The molecule has 1 aliphatic rings. The van der Waals surface area contributed by atoms with Gasteiger partial charge in [0.1, 0.15) is 0 Å². The van der Waals surface area contributed by atoms with Crippen molar-refractivity contribution >= 4 is 27.4 Å². The Morgan fingerprint density at radius 2 is 2.12 bits per heavy atom. The van der Waals surface area contributed by atoms with E-state index >= 15 is 0 Å². The van der Waals surface area contributed by atoms with Gasteiger partial charge in [-0.25, -0.2) is 17.2 Å². The molecule has 4 nitrogen and oxygen atoms in total. The summed E-state index contributed by atoms with van der Waals surface area (Å²) in [6, 6.07) is 4.20. The average Bonchev–Trinajstić information content (AvgIpc) is 2.81. The van der Waals surface area contributed by atoms with E-state index < -0.39 is 27.6 Å². The first-order valence-corrected chi connectivity index (χ1v) is 9.75. The summed E-state index contributed by atoms with van der Waals surface area (Å²) in [5.74, 6) is -4.28. The van der Waals surface area contributed by atoms with E-state index in [-0.39, 0.29) is 35.1 Å². The molecule has 1 aromatic rings. The van der Waals surface area contributed by atoms with Crippen LogP contribution in [-0.2, 0) is 19.4 Å². The van der Waals surface area contributed by atoms with Crippen LogP contribution in [0.3, 0.4) is 0 Å². The number of rotatable bonds is 5. The van der Waals surface area contributed by atoms with Crippen molar-refractivity contribution in [3.8, 4) is 0 Å². The summed E-state index contributed by atoms with van der Waals surface area (Å²) in [6.07, 6.45) is 1.16. The molecule has 1 saturated carbocycles. The summed E-state index contributed by atoms with van der Waals surface area (Å²) in [6.45, 7) is 0. The zero-order valence-electron chi connectivity index (χ0n) is 13.4. The highest BCUT2D eigenvalue weighted by molar-refractivity contribution is 7.90. The predicted octanol–water partition coefficient (Wildman–Crippen LogP) is 3.83.